The van der Waals surface area contributed by atoms with Crippen LogP contribution in [0.3, 0.4) is 0 Å². The Morgan fingerprint density at radius 1 is 0.931 bits per heavy atom. The van der Waals surface area contributed by atoms with Gasteiger partial charge in [0.15, 0.2) is 0 Å². The molecule has 0 heterocycles. The molecular weight excluding hydrogens is 363 g/mol. The Bertz CT molecular complexity index is 891. The summed E-state index contributed by atoms with van der Waals surface area (Å²) in [6, 6.07) is 19.0. The van der Waals surface area contributed by atoms with Crippen molar-refractivity contribution in [1.82, 2.24) is 10.2 Å². The van der Waals surface area contributed by atoms with Gasteiger partial charge in [0.1, 0.15) is 18.2 Å². The second kappa shape index (κ2) is 10.9. The molecule has 0 aliphatic heterocycles. The van der Waals surface area contributed by atoms with Crippen LogP contribution in [-0.2, 0) is 13.2 Å². The van der Waals surface area contributed by atoms with Crippen LogP contribution in [0.2, 0.25) is 0 Å². The van der Waals surface area contributed by atoms with E-state index in [0.29, 0.717) is 6.61 Å². The van der Waals surface area contributed by atoms with Gasteiger partial charge in [-0.1, -0.05) is 56.3 Å². The topological polar surface area (TPSA) is 24.5 Å². The number of halogens is 1. The van der Waals surface area contributed by atoms with E-state index < -0.39 is 0 Å². The first-order valence-corrected chi connectivity index (χ1v) is 10.5. The molecule has 0 aliphatic carbocycles. The molecule has 154 valence electrons. The number of hydrogen-bond donors (Lipinski definition) is 1. The quantitative estimate of drug-likeness (QED) is 0.442. The van der Waals surface area contributed by atoms with E-state index in [9.17, 15) is 4.39 Å². The van der Waals surface area contributed by atoms with Crippen LogP contribution in [-0.4, -0.2) is 31.1 Å². The van der Waals surface area contributed by atoms with Gasteiger partial charge in [0.05, 0.1) is 0 Å². The fraction of sp³-hybridized carbons (Fsp3) is 0.360. The van der Waals surface area contributed by atoms with E-state index in [1.807, 2.05) is 6.07 Å². The largest absolute Gasteiger partial charge is 0.489 e. The predicted molar refractivity (Wildman–Crippen MR) is 119 cm³/mol. The van der Waals surface area contributed by atoms with Crippen molar-refractivity contribution in [2.24, 2.45) is 0 Å². The summed E-state index contributed by atoms with van der Waals surface area (Å²) in [4.78, 5) is 2.44. The van der Waals surface area contributed by atoms with E-state index in [2.05, 4.69) is 54.4 Å². The maximum atomic E-state index is 13.1. The summed E-state index contributed by atoms with van der Waals surface area (Å²) in [6.07, 6.45) is 1.12. The lowest BCUT2D eigenvalue weighted by Gasteiger charge is -2.18. The lowest BCUT2D eigenvalue weighted by atomic mass is 10.0. The van der Waals surface area contributed by atoms with Crippen molar-refractivity contribution in [3.63, 3.8) is 0 Å². The van der Waals surface area contributed by atoms with Gasteiger partial charge >= 0.3 is 0 Å². The van der Waals surface area contributed by atoms with E-state index in [1.165, 1.54) is 28.5 Å². The van der Waals surface area contributed by atoms with E-state index in [0.717, 1.165) is 50.5 Å². The van der Waals surface area contributed by atoms with Gasteiger partial charge in [-0.05, 0) is 67.1 Å². The first-order valence-electron chi connectivity index (χ1n) is 10.5. The Kier molecular flexibility index (Phi) is 8.03. The van der Waals surface area contributed by atoms with Gasteiger partial charge in [0.25, 0.3) is 0 Å². The summed E-state index contributed by atoms with van der Waals surface area (Å²) in [5.74, 6) is 0.651. The second-order valence-corrected chi connectivity index (χ2v) is 7.24. The number of fused-ring (bicyclic) bond motifs is 1. The van der Waals surface area contributed by atoms with Gasteiger partial charge in [0.2, 0.25) is 0 Å². The minimum atomic E-state index is -0.228. The third-order valence-electron chi connectivity index (χ3n) is 5.33. The summed E-state index contributed by atoms with van der Waals surface area (Å²) in [5, 5.41) is 6.01. The van der Waals surface area contributed by atoms with Gasteiger partial charge in [-0.15, -0.1) is 0 Å². The first-order chi connectivity index (χ1) is 14.2. The van der Waals surface area contributed by atoms with Gasteiger partial charge in [-0.3, -0.25) is 0 Å². The molecule has 0 aliphatic rings. The zero-order chi connectivity index (χ0) is 20.5. The Labute approximate surface area is 173 Å². The Morgan fingerprint density at radius 2 is 1.69 bits per heavy atom. The second-order valence-electron chi connectivity index (χ2n) is 7.24. The fourth-order valence-corrected chi connectivity index (χ4v) is 3.56. The van der Waals surface area contributed by atoms with Crippen LogP contribution in [0.1, 0.15) is 31.4 Å². The summed E-state index contributed by atoms with van der Waals surface area (Å²) in [5.41, 5.74) is 2.13. The lowest BCUT2D eigenvalue weighted by molar-refractivity contribution is 0.295. The lowest BCUT2D eigenvalue weighted by Crippen LogP contribution is -2.27. The van der Waals surface area contributed by atoms with E-state index in [1.54, 1.807) is 12.1 Å². The molecule has 3 aromatic carbocycles. The van der Waals surface area contributed by atoms with Crippen LogP contribution < -0.4 is 10.1 Å². The van der Waals surface area contributed by atoms with E-state index >= 15 is 0 Å². The summed E-state index contributed by atoms with van der Waals surface area (Å²) < 4.78 is 19.3. The molecule has 0 amide bonds. The molecule has 0 bridgehead atoms. The third-order valence-corrected chi connectivity index (χ3v) is 5.33. The minimum Gasteiger partial charge on any atom is -0.489 e. The smallest absolute Gasteiger partial charge is 0.124 e. The Balaban J connectivity index is 1.67. The van der Waals surface area contributed by atoms with Crippen molar-refractivity contribution in [2.45, 2.75) is 33.4 Å². The molecule has 0 radical (unpaired) electrons. The van der Waals surface area contributed by atoms with Crippen molar-refractivity contribution < 1.29 is 9.13 Å². The number of hydrogen-bond acceptors (Lipinski definition) is 3. The highest BCUT2D eigenvalue weighted by Crippen LogP contribution is 2.28. The fourth-order valence-electron chi connectivity index (χ4n) is 3.56. The zero-order valence-corrected chi connectivity index (χ0v) is 17.5. The standard InChI is InChI=1S/C25H31FN2O/c1-3-28(4-2)17-7-16-27-18-24-23-9-6-5-8-21(23)12-15-25(24)29-19-20-10-13-22(26)14-11-20/h5-6,8-15,27H,3-4,7,16-19H2,1-2H3. The summed E-state index contributed by atoms with van der Waals surface area (Å²) >= 11 is 0. The van der Waals surface area contributed by atoms with Gasteiger partial charge in [0, 0.05) is 12.1 Å². The average Bonchev–Trinajstić information content (AvgIpc) is 2.76. The summed E-state index contributed by atoms with van der Waals surface area (Å²) in [7, 11) is 0. The molecule has 0 fully saturated rings. The average molecular weight is 395 g/mol. The van der Waals surface area contributed by atoms with Crippen LogP contribution >= 0.6 is 0 Å². The van der Waals surface area contributed by atoms with Gasteiger partial charge in [-0.2, -0.15) is 0 Å². The highest BCUT2D eigenvalue weighted by atomic mass is 19.1. The highest BCUT2D eigenvalue weighted by molar-refractivity contribution is 5.87. The molecule has 0 unspecified atom stereocenters. The summed E-state index contributed by atoms with van der Waals surface area (Å²) in [6.45, 7) is 9.88. The van der Waals surface area contributed by atoms with Crippen LogP contribution in [0, 0.1) is 5.82 Å². The molecule has 3 aromatic rings. The molecule has 0 atom stereocenters. The highest BCUT2D eigenvalue weighted by Gasteiger charge is 2.09. The van der Waals surface area contributed by atoms with E-state index in [4.69, 9.17) is 4.74 Å². The Hall–Kier alpha value is -2.43. The molecule has 0 aromatic heterocycles. The first kappa shape index (κ1) is 21.3. The number of ether oxygens (including phenoxy) is 1. The van der Waals surface area contributed by atoms with Crippen LogP contribution in [0.4, 0.5) is 4.39 Å². The third kappa shape index (κ3) is 6.02. The number of nitrogens with one attached hydrogen (secondary N) is 1. The predicted octanol–water partition coefficient (Wildman–Crippen LogP) is 5.38. The molecule has 0 saturated carbocycles. The van der Waals surface area contributed by atoms with Crippen LogP contribution in [0.5, 0.6) is 5.75 Å². The number of benzene rings is 3. The van der Waals surface area contributed by atoms with Crippen molar-refractivity contribution >= 4 is 10.8 Å². The van der Waals surface area contributed by atoms with Crippen molar-refractivity contribution in [3.8, 4) is 5.75 Å². The van der Waals surface area contributed by atoms with Crippen LogP contribution in [0.25, 0.3) is 10.8 Å². The van der Waals surface area contributed by atoms with Gasteiger partial charge in [-0.25, -0.2) is 4.39 Å². The molecule has 0 spiro atoms. The maximum Gasteiger partial charge on any atom is 0.124 e. The molecule has 0 saturated heterocycles. The maximum absolute atomic E-state index is 13.1. The molecule has 1 N–H and O–H groups in total. The number of rotatable bonds is 11. The number of nitrogens with zero attached hydrogens (tertiary/aromatic N) is 1. The van der Waals surface area contributed by atoms with E-state index in [-0.39, 0.29) is 5.82 Å². The van der Waals surface area contributed by atoms with Crippen molar-refractivity contribution in [1.29, 1.82) is 0 Å². The molecule has 29 heavy (non-hydrogen) atoms. The SMILES string of the molecule is CCN(CC)CCCNCc1c(OCc2ccc(F)cc2)ccc2ccccc12. The molecule has 3 rings (SSSR count). The zero-order valence-electron chi connectivity index (χ0n) is 17.5. The monoisotopic (exact) mass is 394 g/mol. The normalized spacial score (nSPS) is 11.3. The van der Waals surface area contributed by atoms with Crippen molar-refractivity contribution in [3.05, 3.63) is 77.6 Å². The van der Waals surface area contributed by atoms with Crippen LogP contribution in [0.15, 0.2) is 60.7 Å². The van der Waals surface area contributed by atoms with Crippen molar-refractivity contribution in [2.75, 3.05) is 26.2 Å². The molecule has 4 heteroatoms. The minimum absolute atomic E-state index is 0.228. The molecule has 3 nitrogen and oxygen atoms in total. The Morgan fingerprint density at radius 3 is 2.45 bits per heavy atom. The van der Waals surface area contributed by atoms with Gasteiger partial charge < -0.3 is 15.0 Å². The molecular formula is C25H31FN2O.